The van der Waals surface area contributed by atoms with E-state index in [-0.39, 0.29) is 12.0 Å². The maximum Gasteiger partial charge on any atom is 0.433 e. The van der Waals surface area contributed by atoms with Crippen LogP contribution in [0.1, 0.15) is 24.1 Å². The molecule has 3 aromatic rings. The van der Waals surface area contributed by atoms with Crippen molar-refractivity contribution in [3.63, 3.8) is 0 Å². The van der Waals surface area contributed by atoms with Crippen LogP contribution in [0.4, 0.5) is 23.8 Å². The highest BCUT2D eigenvalue weighted by Crippen LogP contribution is 2.29. The van der Waals surface area contributed by atoms with Gasteiger partial charge in [-0.15, -0.1) is 5.10 Å². The van der Waals surface area contributed by atoms with Gasteiger partial charge in [-0.05, 0) is 48.7 Å². The molecule has 1 fully saturated rings. The number of nitrogens with zero attached hydrogens (tertiary/aromatic N) is 5. The summed E-state index contributed by atoms with van der Waals surface area (Å²) in [6.45, 7) is 1.10. The first-order valence-electron chi connectivity index (χ1n) is 10.1. The molecule has 11 heteroatoms. The molecule has 8 nitrogen and oxygen atoms in total. The molecule has 1 aliphatic heterocycles. The zero-order valence-corrected chi connectivity index (χ0v) is 17.3. The van der Waals surface area contributed by atoms with Gasteiger partial charge in [-0.2, -0.15) is 23.3 Å². The highest BCUT2D eigenvalue weighted by molar-refractivity contribution is 5.88. The Morgan fingerprint density at radius 3 is 2.64 bits per heavy atom. The lowest BCUT2D eigenvalue weighted by Crippen LogP contribution is -2.39. The fourth-order valence-corrected chi connectivity index (χ4v) is 3.25. The molecule has 0 aliphatic carbocycles. The standard InChI is InChI=1S/C22H19F3N6O2/c23-22(24,25)18-6-10-26-20(28-18)33-17-4-1-3-16(14-17)13-15-7-11-31(12-8-15)21(32)29-19-5-2-9-27-30-19/h1-6,9-10,13-14H,7-8,11-12H2,(H,29,30,32). The van der Waals surface area contributed by atoms with Gasteiger partial charge in [0.05, 0.1) is 0 Å². The Kier molecular flexibility index (Phi) is 6.48. The van der Waals surface area contributed by atoms with Crippen LogP contribution in [0.5, 0.6) is 11.8 Å². The van der Waals surface area contributed by atoms with E-state index in [2.05, 4.69) is 25.5 Å². The van der Waals surface area contributed by atoms with Crippen molar-refractivity contribution in [1.29, 1.82) is 0 Å². The van der Waals surface area contributed by atoms with Crippen molar-refractivity contribution in [3.8, 4) is 11.8 Å². The zero-order chi connectivity index (χ0) is 23.3. The second-order valence-electron chi connectivity index (χ2n) is 7.23. The maximum atomic E-state index is 12.8. The smallest absolute Gasteiger partial charge is 0.424 e. The minimum atomic E-state index is -4.58. The van der Waals surface area contributed by atoms with Crippen LogP contribution < -0.4 is 10.1 Å². The van der Waals surface area contributed by atoms with Gasteiger partial charge in [0.25, 0.3) is 0 Å². The largest absolute Gasteiger partial charge is 0.433 e. The van der Waals surface area contributed by atoms with E-state index in [1.54, 1.807) is 35.2 Å². The quantitative estimate of drug-likeness (QED) is 0.607. The lowest BCUT2D eigenvalue weighted by Gasteiger charge is -2.28. The molecule has 0 radical (unpaired) electrons. The average molecular weight is 456 g/mol. The molecule has 0 spiro atoms. The number of ether oxygens (including phenoxy) is 1. The lowest BCUT2D eigenvalue weighted by atomic mass is 10.0. The summed E-state index contributed by atoms with van der Waals surface area (Å²) in [5, 5.41) is 10.3. The number of piperidine rings is 1. The summed E-state index contributed by atoms with van der Waals surface area (Å²) in [7, 11) is 0. The van der Waals surface area contributed by atoms with Crippen molar-refractivity contribution < 1.29 is 22.7 Å². The van der Waals surface area contributed by atoms with Crippen LogP contribution in [0.2, 0.25) is 0 Å². The molecule has 1 saturated heterocycles. The van der Waals surface area contributed by atoms with E-state index < -0.39 is 11.9 Å². The lowest BCUT2D eigenvalue weighted by molar-refractivity contribution is -0.141. The van der Waals surface area contributed by atoms with Crippen LogP contribution in [0.3, 0.4) is 0 Å². The van der Waals surface area contributed by atoms with Crippen LogP contribution in [-0.4, -0.2) is 44.2 Å². The predicted molar refractivity (Wildman–Crippen MR) is 113 cm³/mol. The first kappa shape index (κ1) is 22.2. The first-order chi connectivity index (χ1) is 15.9. The SMILES string of the molecule is O=C(Nc1cccnn1)N1CCC(=Cc2cccc(Oc3nccc(C(F)(F)F)n3)c2)CC1. The molecule has 0 atom stereocenters. The number of rotatable bonds is 4. The molecule has 2 aromatic heterocycles. The van der Waals surface area contributed by atoms with Crippen molar-refractivity contribution in [2.75, 3.05) is 18.4 Å². The van der Waals surface area contributed by atoms with Gasteiger partial charge in [-0.1, -0.05) is 23.8 Å². The topological polar surface area (TPSA) is 93.1 Å². The van der Waals surface area contributed by atoms with E-state index in [1.165, 1.54) is 6.20 Å². The van der Waals surface area contributed by atoms with Gasteiger partial charge in [-0.25, -0.2) is 9.78 Å². The van der Waals surface area contributed by atoms with Crippen LogP contribution >= 0.6 is 0 Å². The van der Waals surface area contributed by atoms with Crippen molar-refractivity contribution in [2.45, 2.75) is 19.0 Å². The molecule has 0 bridgehead atoms. The number of amides is 2. The molecular weight excluding hydrogens is 437 g/mol. The summed E-state index contributed by atoms with van der Waals surface area (Å²) in [5.41, 5.74) is 0.902. The van der Waals surface area contributed by atoms with Crippen molar-refractivity contribution >= 4 is 17.9 Å². The number of likely N-dealkylation sites (tertiary alicyclic amines) is 1. The molecule has 0 unspecified atom stereocenters. The minimum Gasteiger partial charge on any atom is -0.424 e. The number of alkyl halides is 3. The Balaban J connectivity index is 1.37. The van der Waals surface area contributed by atoms with Crippen LogP contribution in [0.15, 0.2) is 60.4 Å². The van der Waals surface area contributed by atoms with Gasteiger partial charge in [0.15, 0.2) is 11.5 Å². The number of carbonyl (C=O) groups is 1. The van der Waals surface area contributed by atoms with E-state index in [1.807, 2.05) is 12.1 Å². The number of urea groups is 1. The van der Waals surface area contributed by atoms with Gasteiger partial charge in [0.2, 0.25) is 0 Å². The second-order valence-corrected chi connectivity index (χ2v) is 7.23. The monoisotopic (exact) mass is 456 g/mol. The molecule has 33 heavy (non-hydrogen) atoms. The molecular formula is C22H19F3N6O2. The normalized spacial score (nSPS) is 14.0. The zero-order valence-electron chi connectivity index (χ0n) is 17.3. The number of benzene rings is 1. The Morgan fingerprint density at radius 1 is 1.09 bits per heavy atom. The number of hydrogen-bond donors (Lipinski definition) is 1. The number of halogens is 3. The number of nitrogens with one attached hydrogen (secondary N) is 1. The summed E-state index contributed by atoms with van der Waals surface area (Å²) in [5.74, 6) is 0.717. The third kappa shape index (κ3) is 6.03. The van der Waals surface area contributed by atoms with Gasteiger partial charge < -0.3 is 9.64 Å². The fourth-order valence-electron chi connectivity index (χ4n) is 3.25. The minimum absolute atomic E-state index is 0.231. The summed E-state index contributed by atoms with van der Waals surface area (Å²) >= 11 is 0. The van der Waals surface area contributed by atoms with Gasteiger partial charge in [0.1, 0.15) is 5.75 Å². The average Bonchev–Trinajstić information content (AvgIpc) is 2.80. The highest BCUT2D eigenvalue weighted by Gasteiger charge is 2.33. The number of aromatic nitrogens is 4. The van der Waals surface area contributed by atoms with E-state index in [4.69, 9.17) is 4.74 Å². The van der Waals surface area contributed by atoms with Crippen LogP contribution in [0.25, 0.3) is 6.08 Å². The third-order valence-corrected chi connectivity index (χ3v) is 4.86. The van der Waals surface area contributed by atoms with Crippen LogP contribution in [0, 0.1) is 0 Å². The Hall–Kier alpha value is -4.02. The number of carbonyl (C=O) groups excluding carboxylic acids is 1. The van der Waals surface area contributed by atoms with E-state index in [0.29, 0.717) is 37.5 Å². The van der Waals surface area contributed by atoms with E-state index >= 15 is 0 Å². The summed E-state index contributed by atoms with van der Waals surface area (Å²) < 4.78 is 43.9. The number of hydrogen-bond acceptors (Lipinski definition) is 6. The first-order valence-corrected chi connectivity index (χ1v) is 10.1. The molecule has 4 rings (SSSR count). The Bertz CT molecular complexity index is 1140. The molecule has 1 aliphatic rings. The molecule has 170 valence electrons. The van der Waals surface area contributed by atoms with Gasteiger partial charge in [0, 0.05) is 25.5 Å². The predicted octanol–water partition coefficient (Wildman–Crippen LogP) is 4.79. The van der Waals surface area contributed by atoms with Gasteiger partial charge >= 0.3 is 18.2 Å². The second kappa shape index (κ2) is 9.63. The molecule has 1 aromatic carbocycles. The van der Waals surface area contributed by atoms with Gasteiger partial charge in [-0.3, -0.25) is 5.32 Å². The molecule has 0 saturated carbocycles. The van der Waals surface area contributed by atoms with E-state index in [9.17, 15) is 18.0 Å². The van der Waals surface area contributed by atoms with E-state index in [0.717, 1.165) is 23.4 Å². The summed E-state index contributed by atoms with van der Waals surface area (Å²) in [6.07, 6.45) is 1.32. The molecule has 1 N–H and O–H groups in total. The fraction of sp³-hybridized carbons (Fsp3) is 0.227. The summed E-state index contributed by atoms with van der Waals surface area (Å²) in [6, 6.07) is 10.4. The van der Waals surface area contributed by atoms with Crippen molar-refractivity contribution in [1.82, 2.24) is 25.1 Å². The Labute approximate surface area is 187 Å². The van der Waals surface area contributed by atoms with Crippen molar-refractivity contribution in [2.24, 2.45) is 0 Å². The third-order valence-electron chi connectivity index (χ3n) is 4.86. The highest BCUT2D eigenvalue weighted by atomic mass is 19.4. The Morgan fingerprint density at radius 2 is 1.91 bits per heavy atom. The molecule has 2 amide bonds. The summed E-state index contributed by atoms with van der Waals surface area (Å²) in [4.78, 5) is 21.2. The molecule has 3 heterocycles. The van der Waals surface area contributed by atoms with Crippen LogP contribution in [-0.2, 0) is 6.18 Å². The number of anilines is 1. The maximum absolute atomic E-state index is 12.8. The van der Waals surface area contributed by atoms with Crippen molar-refractivity contribution in [3.05, 3.63) is 71.7 Å².